The van der Waals surface area contributed by atoms with Crippen molar-refractivity contribution in [1.82, 2.24) is 14.5 Å². The fourth-order valence-electron chi connectivity index (χ4n) is 2.02. The first kappa shape index (κ1) is 11.9. The van der Waals surface area contributed by atoms with Crippen molar-refractivity contribution in [2.24, 2.45) is 0 Å². The van der Waals surface area contributed by atoms with E-state index in [9.17, 15) is 0 Å². The van der Waals surface area contributed by atoms with Crippen molar-refractivity contribution in [3.63, 3.8) is 0 Å². The number of benzene rings is 1. The molecular formula is C13H12BN3O2. The SMILES string of the molecule is OB(O)c1ccc(Cn2cnc3ccncc32)cc1. The molecule has 6 heteroatoms. The molecule has 0 spiro atoms. The molecule has 1 aromatic carbocycles. The van der Waals surface area contributed by atoms with E-state index in [2.05, 4.69) is 9.97 Å². The van der Waals surface area contributed by atoms with E-state index in [1.807, 2.05) is 22.8 Å². The van der Waals surface area contributed by atoms with Gasteiger partial charge in [0.05, 0.1) is 23.6 Å². The topological polar surface area (TPSA) is 71.2 Å². The predicted octanol–water partition coefficient (Wildman–Crippen LogP) is 0.159. The fraction of sp³-hybridized carbons (Fsp3) is 0.0769. The minimum absolute atomic E-state index is 0.487. The van der Waals surface area contributed by atoms with Gasteiger partial charge in [0.15, 0.2) is 0 Å². The molecule has 2 N–H and O–H groups in total. The lowest BCUT2D eigenvalue weighted by molar-refractivity contribution is 0.426. The number of rotatable bonds is 3. The molecule has 3 rings (SSSR count). The van der Waals surface area contributed by atoms with Crippen molar-refractivity contribution in [2.45, 2.75) is 6.54 Å². The molecule has 3 aromatic rings. The van der Waals surface area contributed by atoms with Crippen LogP contribution in [0, 0.1) is 0 Å². The standard InChI is InChI=1S/C13H12BN3O2/c18-14(19)11-3-1-10(2-4-11)8-17-9-16-12-5-6-15-7-13(12)17/h1-7,9,18-19H,8H2. The molecule has 94 valence electrons. The number of fused-ring (bicyclic) bond motifs is 1. The smallest absolute Gasteiger partial charge is 0.423 e. The molecule has 0 saturated heterocycles. The third-order valence-corrected chi connectivity index (χ3v) is 3.05. The summed E-state index contributed by atoms with van der Waals surface area (Å²) in [5, 5.41) is 18.1. The van der Waals surface area contributed by atoms with Crippen LogP contribution in [0.5, 0.6) is 0 Å². The quantitative estimate of drug-likeness (QED) is 0.652. The minimum Gasteiger partial charge on any atom is -0.423 e. The van der Waals surface area contributed by atoms with Gasteiger partial charge in [-0.15, -0.1) is 0 Å². The van der Waals surface area contributed by atoms with Gasteiger partial charge in [0.1, 0.15) is 0 Å². The van der Waals surface area contributed by atoms with Gasteiger partial charge in [-0.2, -0.15) is 0 Å². The van der Waals surface area contributed by atoms with Gasteiger partial charge in [0.2, 0.25) is 0 Å². The molecule has 0 bridgehead atoms. The van der Waals surface area contributed by atoms with E-state index in [0.717, 1.165) is 16.6 Å². The maximum Gasteiger partial charge on any atom is 0.488 e. The number of nitrogens with zero attached hydrogens (tertiary/aromatic N) is 3. The highest BCUT2D eigenvalue weighted by Crippen LogP contribution is 2.12. The Bertz CT molecular complexity index is 694. The zero-order valence-electron chi connectivity index (χ0n) is 10.1. The zero-order valence-corrected chi connectivity index (χ0v) is 10.1. The second kappa shape index (κ2) is 4.83. The van der Waals surface area contributed by atoms with Crippen molar-refractivity contribution in [2.75, 3.05) is 0 Å². The van der Waals surface area contributed by atoms with Gasteiger partial charge in [-0.1, -0.05) is 24.3 Å². The molecular weight excluding hydrogens is 241 g/mol. The van der Waals surface area contributed by atoms with E-state index in [1.165, 1.54) is 0 Å². The zero-order chi connectivity index (χ0) is 13.2. The van der Waals surface area contributed by atoms with Crippen molar-refractivity contribution in [3.05, 3.63) is 54.6 Å². The molecule has 19 heavy (non-hydrogen) atoms. The van der Waals surface area contributed by atoms with Crippen LogP contribution in [0.2, 0.25) is 0 Å². The van der Waals surface area contributed by atoms with E-state index >= 15 is 0 Å². The van der Waals surface area contributed by atoms with E-state index < -0.39 is 7.12 Å². The van der Waals surface area contributed by atoms with Gasteiger partial charge in [0, 0.05) is 12.7 Å². The molecule has 0 unspecified atom stereocenters. The molecule has 2 heterocycles. The van der Waals surface area contributed by atoms with E-state index in [0.29, 0.717) is 12.0 Å². The Hall–Kier alpha value is -2.18. The lowest BCUT2D eigenvalue weighted by Crippen LogP contribution is -2.29. The summed E-state index contributed by atoms with van der Waals surface area (Å²) < 4.78 is 2.01. The summed E-state index contributed by atoms with van der Waals surface area (Å²) in [6, 6.07) is 9.03. The number of aromatic nitrogens is 3. The summed E-state index contributed by atoms with van der Waals surface area (Å²) in [4.78, 5) is 8.40. The molecule has 0 fully saturated rings. The average molecular weight is 253 g/mol. The Labute approximate surface area is 110 Å². The van der Waals surface area contributed by atoms with Crippen molar-refractivity contribution in [1.29, 1.82) is 0 Å². The third kappa shape index (κ3) is 2.36. The number of hydrogen-bond acceptors (Lipinski definition) is 4. The largest absolute Gasteiger partial charge is 0.488 e. The van der Waals surface area contributed by atoms with Crippen LogP contribution in [0.3, 0.4) is 0 Å². The van der Waals surface area contributed by atoms with Crippen LogP contribution in [0.1, 0.15) is 5.56 Å². The van der Waals surface area contributed by atoms with Crippen LogP contribution < -0.4 is 5.46 Å². The van der Waals surface area contributed by atoms with Crippen LogP contribution in [0.4, 0.5) is 0 Å². The highest BCUT2D eigenvalue weighted by molar-refractivity contribution is 6.58. The average Bonchev–Trinajstić information content (AvgIpc) is 2.83. The van der Waals surface area contributed by atoms with Gasteiger partial charge in [-0.25, -0.2) is 4.98 Å². The van der Waals surface area contributed by atoms with Gasteiger partial charge in [-0.3, -0.25) is 4.98 Å². The normalized spacial score (nSPS) is 10.8. The van der Waals surface area contributed by atoms with E-state index in [4.69, 9.17) is 10.0 Å². The summed E-state index contributed by atoms with van der Waals surface area (Å²) in [6.07, 6.45) is 5.28. The Kier molecular flexibility index (Phi) is 3.02. The number of pyridine rings is 1. The van der Waals surface area contributed by atoms with E-state index in [1.54, 1.807) is 30.9 Å². The second-order valence-electron chi connectivity index (χ2n) is 4.35. The van der Waals surface area contributed by atoms with Gasteiger partial charge in [-0.05, 0) is 17.1 Å². The molecule has 5 nitrogen and oxygen atoms in total. The lowest BCUT2D eigenvalue weighted by Gasteiger charge is -2.05. The molecule has 2 aromatic heterocycles. The number of hydrogen-bond donors (Lipinski definition) is 2. The Balaban J connectivity index is 1.88. The summed E-state index contributed by atoms with van der Waals surface area (Å²) >= 11 is 0. The van der Waals surface area contributed by atoms with Crippen LogP contribution in [-0.4, -0.2) is 31.7 Å². The molecule has 0 radical (unpaired) electrons. The van der Waals surface area contributed by atoms with Crippen molar-refractivity contribution >= 4 is 23.6 Å². The second-order valence-corrected chi connectivity index (χ2v) is 4.35. The van der Waals surface area contributed by atoms with E-state index in [-0.39, 0.29) is 0 Å². The molecule has 0 aliphatic heterocycles. The first-order chi connectivity index (χ1) is 9.24. The molecule has 0 atom stereocenters. The predicted molar refractivity (Wildman–Crippen MR) is 72.9 cm³/mol. The van der Waals surface area contributed by atoms with Gasteiger partial charge in [0.25, 0.3) is 0 Å². The van der Waals surface area contributed by atoms with Crippen LogP contribution in [0.25, 0.3) is 11.0 Å². The first-order valence-corrected chi connectivity index (χ1v) is 5.94. The summed E-state index contributed by atoms with van der Waals surface area (Å²) in [7, 11) is -1.42. The summed E-state index contributed by atoms with van der Waals surface area (Å²) in [6.45, 7) is 0.671. The Morgan fingerprint density at radius 2 is 1.89 bits per heavy atom. The maximum absolute atomic E-state index is 9.04. The maximum atomic E-state index is 9.04. The van der Waals surface area contributed by atoms with Crippen molar-refractivity contribution < 1.29 is 10.0 Å². The molecule has 0 aliphatic carbocycles. The highest BCUT2D eigenvalue weighted by Gasteiger charge is 2.10. The number of imidazole rings is 1. The summed E-state index contributed by atoms with van der Waals surface area (Å²) in [5.41, 5.74) is 3.44. The van der Waals surface area contributed by atoms with Crippen LogP contribution in [-0.2, 0) is 6.54 Å². The Morgan fingerprint density at radius 3 is 2.63 bits per heavy atom. The van der Waals surface area contributed by atoms with Crippen molar-refractivity contribution in [3.8, 4) is 0 Å². The van der Waals surface area contributed by atoms with Crippen LogP contribution in [0.15, 0.2) is 49.1 Å². The monoisotopic (exact) mass is 253 g/mol. The molecule has 0 amide bonds. The highest BCUT2D eigenvalue weighted by atomic mass is 16.4. The Morgan fingerprint density at radius 1 is 1.11 bits per heavy atom. The van der Waals surface area contributed by atoms with Gasteiger partial charge < -0.3 is 14.6 Å². The van der Waals surface area contributed by atoms with Gasteiger partial charge >= 0.3 is 7.12 Å². The summed E-state index contributed by atoms with van der Waals surface area (Å²) in [5.74, 6) is 0. The first-order valence-electron chi connectivity index (χ1n) is 5.94. The molecule has 0 saturated carbocycles. The lowest BCUT2D eigenvalue weighted by atomic mass is 9.80. The minimum atomic E-state index is -1.42. The van der Waals surface area contributed by atoms with Crippen LogP contribution >= 0.6 is 0 Å². The molecule has 0 aliphatic rings. The fourth-order valence-corrected chi connectivity index (χ4v) is 2.02. The third-order valence-electron chi connectivity index (χ3n) is 3.05.